The standard InChI is InChI=1S/C20H31N/c1-19(2)10-6-8-17(14-19)16-7-5-9-18(13-16)20(15-21)11-3-4-12-20/h5,7,9,13,17H,3-4,6,8,10-12,14-15,21H2,1-2H3. The zero-order valence-corrected chi connectivity index (χ0v) is 13.8. The van der Waals surface area contributed by atoms with E-state index in [1.54, 1.807) is 5.56 Å². The van der Waals surface area contributed by atoms with E-state index in [9.17, 15) is 0 Å². The van der Waals surface area contributed by atoms with Crippen molar-refractivity contribution >= 4 is 0 Å². The van der Waals surface area contributed by atoms with E-state index in [1.807, 2.05) is 0 Å². The second kappa shape index (κ2) is 5.76. The zero-order chi connectivity index (χ0) is 14.9. The molecule has 1 atom stereocenters. The van der Waals surface area contributed by atoms with Crippen molar-refractivity contribution in [2.75, 3.05) is 6.54 Å². The fourth-order valence-electron chi connectivity index (χ4n) is 4.77. The Morgan fingerprint density at radius 2 is 1.86 bits per heavy atom. The van der Waals surface area contributed by atoms with Crippen LogP contribution in [-0.4, -0.2) is 6.54 Å². The van der Waals surface area contributed by atoms with Gasteiger partial charge in [-0.2, -0.15) is 0 Å². The maximum atomic E-state index is 6.17. The molecular formula is C20H31N. The molecule has 0 aromatic heterocycles. The Morgan fingerprint density at radius 1 is 1.10 bits per heavy atom. The van der Waals surface area contributed by atoms with E-state index in [4.69, 9.17) is 5.73 Å². The fraction of sp³-hybridized carbons (Fsp3) is 0.700. The summed E-state index contributed by atoms with van der Waals surface area (Å²) in [5.41, 5.74) is 10.0. The molecule has 0 radical (unpaired) electrons. The van der Waals surface area contributed by atoms with Crippen LogP contribution in [0.4, 0.5) is 0 Å². The summed E-state index contributed by atoms with van der Waals surface area (Å²) >= 11 is 0. The van der Waals surface area contributed by atoms with Crippen LogP contribution in [0.25, 0.3) is 0 Å². The third-order valence-corrected chi connectivity index (χ3v) is 6.13. The van der Waals surface area contributed by atoms with Gasteiger partial charge >= 0.3 is 0 Å². The molecule has 0 saturated heterocycles. The van der Waals surface area contributed by atoms with E-state index < -0.39 is 0 Å². The van der Waals surface area contributed by atoms with Gasteiger partial charge in [-0.3, -0.25) is 0 Å². The van der Waals surface area contributed by atoms with Crippen molar-refractivity contribution in [2.24, 2.45) is 11.1 Å². The number of hydrogen-bond acceptors (Lipinski definition) is 1. The van der Waals surface area contributed by atoms with Gasteiger partial charge in [-0.15, -0.1) is 0 Å². The number of rotatable bonds is 3. The molecule has 1 unspecified atom stereocenters. The van der Waals surface area contributed by atoms with Crippen LogP contribution in [0.15, 0.2) is 24.3 Å². The molecule has 21 heavy (non-hydrogen) atoms. The molecule has 1 heteroatoms. The van der Waals surface area contributed by atoms with E-state index in [2.05, 4.69) is 38.1 Å². The van der Waals surface area contributed by atoms with Crippen LogP contribution in [-0.2, 0) is 5.41 Å². The highest BCUT2D eigenvalue weighted by molar-refractivity contribution is 5.34. The summed E-state index contributed by atoms with van der Waals surface area (Å²) in [5, 5.41) is 0. The highest BCUT2D eigenvalue weighted by atomic mass is 14.6. The Hall–Kier alpha value is -0.820. The summed E-state index contributed by atoms with van der Waals surface area (Å²) in [7, 11) is 0. The third-order valence-electron chi connectivity index (χ3n) is 6.13. The molecular weight excluding hydrogens is 254 g/mol. The molecule has 0 amide bonds. The highest BCUT2D eigenvalue weighted by Gasteiger charge is 2.35. The Morgan fingerprint density at radius 3 is 2.52 bits per heavy atom. The van der Waals surface area contributed by atoms with Crippen LogP contribution in [0.3, 0.4) is 0 Å². The molecule has 1 aromatic carbocycles. The highest BCUT2D eigenvalue weighted by Crippen LogP contribution is 2.45. The van der Waals surface area contributed by atoms with Crippen molar-refractivity contribution < 1.29 is 0 Å². The quantitative estimate of drug-likeness (QED) is 0.817. The molecule has 0 aliphatic heterocycles. The molecule has 2 aliphatic rings. The largest absolute Gasteiger partial charge is 0.330 e. The first kappa shape index (κ1) is 15.1. The van der Waals surface area contributed by atoms with Crippen LogP contribution in [0.5, 0.6) is 0 Å². The minimum absolute atomic E-state index is 0.278. The van der Waals surface area contributed by atoms with Gasteiger partial charge in [-0.05, 0) is 54.6 Å². The van der Waals surface area contributed by atoms with Crippen molar-refractivity contribution in [3.8, 4) is 0 Å². The molecule has 2 saturated carbocycles. The first-order chi connectivity index (χ1) is 10.0. The van der Waals surface area contributed by atoms with E-state index in [0.717, 1.165) is 12.5 Å². The molecule has 116 valence electrons. The van der Waals surface area contributed by atoms with E-state index >= 15 is 0 Å². The van der Waals surface area contributed by atoms with Crippen LogP contribution in [0.1, 0.15) is 82.3 Å². The van der Waals surface area contributed by atoms with E-state index in [-0.39, 0.29) is 5.41 Å². The molecule has 1 nitrogen and oxygen atoms in total. The average molecular weight is 285 g/mol. The SMILES string of the molecule is CC1(C)CCCC(c2cccc(C3(CN)CCCC3)c2)C1. The van der Waals surface area contributed by atoms with E-state index in [0.29, 0.717) is 5.41 Å². The molecule has 2 aliphatic carbocycles. The summed E-state index contributed by atoms with van der Waals surface area (Å²) in [6.07, 6.45) is 10.7. The van der Waals surface area contributed by atoms with Crippen molar-refractivity contribution in [3.05, 3.63) is 35.4 Å². The van der Waals surface area contributed by atoms with Crippen molar-refractivity contribution in [3.63, 3.8) is 0 Å². The summed E-state index contributed by atoms with van der Waals surface area (Å²) in [5.74, 6) is 0.755. The molecule has 2 N–H and O–H groups in total. The summed E-state index contributed by atoms with van der Waals surface area (Å²) < 4.78 is 0. The van der Waals surface area contributed by atoms with Crippen molar-refractivity contribution in [1.29, 1.82) is 0 Å². The van der Waals surface area contributed by atoms with Gasteiger partial charge in [-0.1, -0.05) is 57.4 Å². The van der Waals surface area contributed by atoms with Gasteiger partial charge in [0.15, 0.2) is 0 Å². The van der Waals surface area contributed by atoms with Crippen LogP contribution in [0.2, 0.25) is 0 Å². The van der Waals surface area contributed by atoms with Gasteiger partial charge in [0.25, 0.3) is 0 Å². The number of hydrogen-bond donors (Lipinski definition) is 1. The first-order valence-corrected chi connectivity index (χ1v) is 8.85. The normalized spacial score (nSPS) is 27.7. The smallest absolute Gasteiger partial charge is 0.00756 e. The first-order valence-electron chi connectivity index (χ1n) is 8.85. The average Bonchev–Trinajstić information content (AvgIpc) is 2.96. The molecule has 3 rings (SSSR count). The Labute approximate surface area is 130 Å². The second-order valence-corrected chi connectivity index (χ2v) is 8.27. The maximum Gasteiger partial charge on any atom is 0.00756 e. The lowest BCUT2D eigenvalue weighted by atomic mass is 9.69. The summed E-state index contributed by atoms with van der Waals surface area (Å²) in [4.78, 5) is 0. The van der Waals surface area contributed by atoms with Crippen molar-refractivity contribution in [2.45, 2.75) is 76.5 Å². The fourth-order valence-corrected chi connectivity index (χ4v) is 4.77. The second-order valence-electron chi connectivity index (χ2n) is 8.27. The van der Waals surface area contributed by atoms with Gasteiger partial charge < -0.3 is 5.73 Å². The molecule has 0 heterocycles. The van der Waals surface area contributed by atoms with Gasteiger partial charge in [0.2, 0.25) is 0 Å². The minimum Gasteiger partial charge on any atom is -0.330 e. The van der Waals surface area contributed by atoms with E-state index in [1.165, 1.54) is 56.9 Å². The van der Waals surface area contributed by atoms with Gasteiger partial charge in [0, 0.05) is 12.0 Å². The zero-order valence-electron chi connectivity index (χ0n) is 13.8. The lowest BCUT2D eigenvalue weighted by Crippen LogP contribution is -2.32. The molecule has 0 bridgehead atoms. The summed E-state index contributed by atoms with van der Waals surface area (Å²) in [6.45, 7) is 5.68. The number of nitrogens with two attached hydrogens (primary N) is 1. The molecule has 2 fully saturated rings. The monoisotopic (exact) mass is 285 g/mol. The maximum absolute atomic E-state index is 6.17. The van der Waals surface area contributed by atoms with Gasteiger partial charge in [-0.25, -0.2) is 0 Å². The molecule has 0 spiro atoms. The lowest BCUT2D eigenvalue weighted by Gasteiger charge is -2.36. The topological polar surface area (TPSA) is 26.0 Å². The van der Waals surface area contributed by atoms with Crippen molar-refractivity contribution in [1.82, 2.24) is 0 Å². The Bertz CT molecular complexity index is 482. The van der Waals surface area contributed by atoms with Crippen LogP contribution < -0.4 is 5.73 Å². The third kappa shape index (κ3) is 3.04. The Balaban J connectivity index is 1.86. The van der Waals surface area contributed by atoms with Crippen LogP contribution in [0, 0.1) is 5.41 Å². The van der Waals surface area contributed by atoms with Gasteiger partial charge in [0.05, 0.1) is 0 Å². The molecule has 1 aromatic rings. The number of benzene rings is 1. The Kier molecular flexibility index (Phi) is 4.14. The predicted molar refractivity (Wildman–Crippen MR) is 90.6 cm³/mol. The predicted octanol–water partition coefficient (Wildman–Crippen LogP) is 5.14. The van der Waals surface area contributed by atoms with Crippen LogP contribution >= 0.6 is 0 Å². The van der Waals surface area contributed by atoms with Gasteiger partial charge in [0.1, 0.15) is 0 Å². The minimum atomic E-state index is 0.278. The summed E-state index contributed by atoms with van der Waals surface area (Å²) in [6, 6.07) is 9.47. The lowest BCUT2D eigenvalue weighted by molar-refractivity contribution is 0.219.